The summed E-state index contributed by atoms with van der Waals surface area (Å²) in [6.45, 7) is 4.85. The average molecular weight is 341 g/mol. The van der Waals surface area contributed by atoms with E-state index in [1.54, 1.807) is 7.11 Å². The number of hydrogen-bond donors (Lipinski definition) is 1. The van der Waals surface area contributed by atoms with E-state index in [4.69, 9.17) is 9.47 Å². The number of β-amino-alcohol motifs (C(OH)–C–C–N with tert-alkyl or cyclic N) is 1. The van der Waals surface area contributed by atoms with Crippen LogP contribution in [0.4, 0.5) is 0 Å². The van der Waals surface area contributed by atoms with E-state index in [0.717, 1.165) is 31.7 Å². The third-order valence-electron chi connectivity index (χ3n) is 4.75. The molecule has 0 bridgehead atoms. The number of hydrogen-bond acceptors (Lipinski definition) is 4. The van der Waals surface area contributed by atoms with Gasteiger partial charge in [0.2, 0.25) is 0 Å². The van der Waals surface area contributed by atoms with Gasteiger partial charge < -0.3 is 14.6 Å². The molecule has 0 radical (unpaired) electrons. The summed E-state index contributed by atoms with van der Waals surface area (Å²) >= 11 is 0. The standard InChI is InChI=1S/C21H27NO3/c1-3-16-8-9-20(21(12-16)24-2)25-15-19(23)14-22-11-10-17-6-4-5-7-18(17)13-22/h4-9,12,19,23H,3,10-11,13-15H2,1-2H3. The lowest BCUT2D eigenvalue weighted by atomic mass is 10.00. The minimum absolute atomic E-state index is 0.264. The molecule has 0 saturated carbocycles. The van der Waals surface area contributed by atoms with Crippen LogP contribution in [-0.4, -0.2) is 42.9 Å². The summed E-state index contributed by atoms with van der Waals surface area (Å²) in [7, 11) is 1.64. The first kappa shape index (κ1) is 17.8. The van der Waals surface area contributed by atoms with Crippen LogP contribution in [0.15, 0.2) is 42.5 Å². The van der Waals surface area contributed by atoms with Gasteiger partial charge in [-0.1, -0.05) is 37.3 Å². The zero-order chi connectivity index (χ0) is 17.6. The van der Waals surface area contributed by atoms with E-state index in [-0.39, 0.29) is 6.61 Å². The molecular weight excluding hydrogens is 314 g/mol. The van der Waals surface area contributed by atoms with Crippen molar-refractivity contribution in [2.24, 2.45) is 0 Å². The van der Waals surface area contributed by atoms with Crippen molar-refractivity contribution in [2.75, 3.05) is 26.8 Å². The van der Waals surface area contributed by atoms with Crippen LogP contribution in [0.1, 0.15) is 23.6 Å². The van der Waals surface area contributed by atoms with E-state index < -0.39 is 6.10 Å². The zero-order valence-electron chi connectivity index (χ0n) is 15.1. The highest BCUT2D eigenvalue weighted by Gasteiger charge is 2.19. The highest BCUT2D eigenvalue weighted by molar-refractivity contribution is 5.43. The van der Waals surface area contributed by atoms with E-state index in [1.165, 1.54) is 16.7 Å². The molecule has 1 atom stereocenters. The summed E-state index contributed by atoms with van der Waals surface area (Å²) in [4.78, 5) is 2.29. The summed E-state index contributed by atoms with van der Waals surface area (Å²) < 4.78 is 11.2. The SMILES string of the molecule is CCc1ccc(OCC(O)CN2CCc3ccccc3C2)c(OC)c1. The first-order valence-electron chi connectivity index (χ1n) is 8.96. The molecule has 1 aliphatic heterocycles. The van der Waals surface area contributed by atoms with Crippen molar-refractivity contribution in [2.45, 2.75) is 32.4 Å². The van der Waals surface area contributed by atoms with Gasteiger partial charge in [-0.3, -0.25) is 4.90 Å². The second kappa shape index (κ2) is 8.37. The fraction of sp³-hybridized carbons (Fsp3) is 0.429. The van der Waals surface area contributed by atoms with Crippen molar-refractivity contribution in [3.63, 3.8) is 0 Å². The van der Waals surface area contributed by atoms with Crippen LogP contribution in [0.2, 0.25) is 0 Å². The minimum Gasteiger partial charge on any atom is -0.493 e. The Morgan fingerprint density at radius 1 is 1.12 bits per heavy atom. The summed E-state index contributed by atoms with van der Waals surface area (Å²) in [6, 6.07) is 14.5. The largest absolute Gasteiger partial charge is 0.493 e. The Bertz CT molecular complexity index is 701. The van der Waals surface area contributed by atoms with Gasteiger partial charge in [-0.05, 0) is 41.7 Å². The van der Waals surface area contributed by atoms with Gasteiger partial charge in [-0.25, -0.2) is 0 Å². The zero-order valence-corrected chi connectivity index (χ0v) is 15.1. The van der Waals surface area contributed by atoms with Crippen LogP contribution in [-0.2, 0) is 19.4 Å². The maximum absolute atomic E-state index is 10.4. The van der Waals surface area contributed by atoms with Crippen molar-refractivity contribution in [1.82, 2.24) is 4.90 Å². The van der Waals surface area contributed by atoms with Crippen LogP contribution < -0.4 is 9.47 Å². The fourth-order valence-corrected chi connectivity index (χ4v) is 3.30. The number of methoxy groups -OCH3 is 1. The summed E-state index contributed by atoms with van der Waals surface area (Å²) in [5, 5.41) is 10.4. The van der Waals surface area contributed by atoms with E-state index in [2.05, 4.69) is 36.1 Å². The van der Waals surface area contributed by atoms with Gasteiger partial charge >= 0.3 is 0 Å². The number of rotatable bonds is 7. The van der Waals surface area contributed by atoms with E-state index >= 15 is 0 Å². The molecule has 1 unspecified atom stereocenters. The molecule has 0 fully saturated rings. The Morgan fingerprint density at radius 3 is 2.68 bits per heavy atom. The molecule has 2 aromatic carbocycles. The summed E-state index contributed by atoms with van der Waals surface area (Å²) in [6.07, 6.45) is 1.46. The molecule has 0 spiro atoms. The van der Waals surface area contributed by atoms with Crippen LogP contribution in [0, 0.1) is 0 Å². The first-order valence-corrected chi connectivity index (χ1v) is 8.96. The highest BCUT2D eigenvalue weighted by atomic mass is 16.5. The van der Waals surface area contributed by atoms with Gasteiger partial charge in [0.05, 0.1) is 7.11 Å². The Kier molecular flexibility index (Phi) is 5.95. The molecule has 4 heteroatoms. The number of aliphatic hydroxyl groups is 1. The minimum atomic E-state index is -0.527. The van der Waals surface area contributed by atoms with Crippen molar-refractivity contribution >= 4 is 0 Å². The van der Waals surface area contributed by atoms with E-state index in [1.807, 2.05) is 18.2 Å². The molecule has 134 valence electrons. The average Bonchev–Trinajstić information content (AvgIpc) is 2.66. The molecule has 25 heavy (non-hydrogen) atoms. The molecule has 1 N–H and O–H groups in total. The molecule has 0 saturated heterocycles. The lowest BCUT2D eigenvalue weighted by Gasteiger charge is -2.30. The Morgan fingerprint density at radius 2 is 1.92 bits per heavy atom. The van der Waals surface area contributed by atoms with Gasteiger partial charge in [-0.15, -0.1) is 0 Å². The maximum atomic E-state index is 10.4. The molecular formula is C21H27NO3. The lowest BCUT2D eigenvalue weighted by molar-refractivity contribution is 0.0628. The molecule has 0 aliphatic carbocycles. The predicted octanol–water partition coefficient (Wildman–Crippen LogP) is 3.06. The predicted molar refractivity (Wildman–Crippen MR) is 99.3 cm³/mol. The van der Waals surface area contributed by atoms with Crippen molar-refractivity contribution < 1.29 is 14.6 Å². The normalized spacial score (nSPS) is 15.5. The van der Waals surface area contributed by atoms with Crippen LogP contribution >= 0.6 is 0 Å². The van der Waals surface area contributed by atoms with Gasteiger partial charge in [-0.2, -0.15) is 0 Å². The number of ether oxygens (including phenoxy) is 2. The Balaban J connectivity index is 1.53. The van der Waals surface area contributed by atoms with E-state index in [0.29, 0.717) is 12.3 Å². The van der Waals surface area contributed by atoms with Gasteiger partial charge in [0, 0.05) is 19.6 Å². The molecule has 0 aromatic heterocycles. The van der Waals surface area contributed by atoms with Crippen LogP contribution in [0.3, 0.4) is 0 Å². The Labute approximate surface area is 150 Å². The van der Waals surface area contributed by atoms with Crippen molar-refractivity contribution in [3.05, 3.63) is 59.2 Å². The third kappa shape index (κ3) is 4.53. The smallest absolute Gasteiger partial charge is 0.161 e. The van der Waals surface area contributed by atoms with Crippen molar-refractivity contribution in [3.8, 4) is 11.5 Å². The molecule has 2 aromatic rings. The maximum Gasteiger partial charge on any atom is 0.161 e. The second-order valence-corrected chi connectivity index (χ2v) is 6.56. The van der Waals surface area contributed by atoms with Crippen LogP contribution in [0.25, 0.3) is 0 Å². The molecule has 3 rings (SSSR count). The molecule has 1 aliphatic rings. The lowest BCUT2D eigenvalue weighted by Crippen LogP contribution is -2.38. The summed E-state index contributed by atoms with van der Waals surface area (Å²) in [5.41, 5.74) is 3.99. The quantitative estimate of drug-likeness (QED) is 0.840. The van der Waals surface area contributed by atoms with Gasteiger partial charge in [0.1, 0.15) is 12.7 Å². The Hall–Kier alpha value is -2.04. The molecule has 1 heterocycles. The number of fused-ring (bicyclic) bond motifs is 1. The number of aryl methyl sites for hydroxylation is 1. The van der Waals surface area contributed by atoms with E-state index in [9.17, 15) is 5.11 Å². The molecule has 0 amide bonds. The second-order valence-electron chi connectivity index (χ2n) is 6.56. The monoisotopic (exact) mass is 341 g/mol. The van der Waals surface area contributed by atoms with Crippen LogP contribution in [0.5, 0.6) is 11.5 Å². The van der Waals surface area contributed by atoms with Gasteiger partial charge in [0.25, 0.3) is 0 Å². The number of aliphatic hydroxyl groups excluding tert-OH is 1. The van der Waals surface area contributed by atoms with Gasteiger partial charge in [0.15, 0.2) is 11.5 Å². The molecule has 4 nitrogen and oxygen atoms in total. The number of benzene rings is 2. The van der Waals surface area contributed by atoms with Crippen molar-refractivity contribution in [1.29, 1.82) is 0 Å². The topological polar surface area (TPSA) is 41.9 Å². The first-order chi connectivity index (χ1) is 12.2. The summed E-state index contributed by atoms with van der Waals surface area (Å²) in [5.74, 6) is 1.40. The highest BCUT2D eigenvalue weighted by Crippen LogP contribution is 2.28. The fourth-order valence-electron chi connectivity index (χ4n) is 3.30. The number of nitrogens with zero attached hydrogens (tertiary/aromatic N) is 1. The third-order valence-corrected chi connectivity index (χ3v) is 4.75.